The van der Waals surface area contributed by atoms with Crippen molar-refractivity contribution in [2.24, 2.45) is 0 Å². The van der Waals surface area contributed by atoms with Gasteiger partial charge in [-0.2, -0.15) is 0 Å². The first kappa shape index (κ1) is 19.2. The van der Waals surface area contributed by atoms with Crippen molar-refractivity contribution in [3.05, 3.63) is 0 Å². The number of carboxylic acid groups (broad SMARTS) is 2. The Balaban J connectivity index is 4.75. The Morgan fingerprint density at radius 2 is 1.48 bits per heavy atom. The largest absolute Gasteiger partial charge is 0.481 e. The monoisotopic (exact) mass is 311 g/mol. The van der Waals surface area contributed by atoms with Crippen molar-refractivity contribution in [2.45, 2.75) is 36.9 Å². The molecule has 122 valence electrons. The molecule has 0 bridgehead atoms. The summed E-state index contributed by atoms with van der Waals surface area (Å²) in [6, 6.07) is -1.85. The number of carbonyl (C=O) groups is 3. The van der Waals surface area contributed by atoms with Gasteiger partial charge in [0.15, 0.2) is 6.10 Å². The Morgan fingerprint density at radius 3 is 1.86 bits per heavy atom. The molecule has 0 saturated heterocycles. The van der Waals surface area contributed by atoms with Crippen molar-refractivity contribution < 1.29 is 50.1 Å². The smallest absolute Gasteiger partial charge is 0.326 e. The SMILES string of the molecule is O=C(O)C[C@H](NC(=O)[C@H](O)[C@H](O)[C@H](O)[C@H](O)CO)C(=O)O. The fourth-order valence-corrected chi connectivity index (χ4v) is 1.31. The molecule has 0 spiro atoms. The lowest BCUT2D eigenvalue weighted by Crippen LogP contribution is -2.54. The van der Waals surface area contributed by atoms with E-state index in [1.165, 1.54) is 0 Å². The van der Waals surface area contributed by atoms with E-state index >= 15 is 0 Å². The van der Waals surface area contributed by atoms with Crippen molar-refractivity contribution in [3.8, 4) is 0 Å². The third-order valence-corrected chi connectivity index (χ3v) is 2.52. The second kappa shape index (κ2) is 8.49. The Hall–Kier alpha value is -1.79. The average molecular weight is 311 g/mol. The van der Waals surface area contributed by atoms with Crippen molar-refractivity contribution >= 4 is 17.8 Å². The molecule has 1 amide bonds. The van der Waals surface area contributed by atoms with E-state index in [1.54, 1.807) is 5.32 Å². The van der Waals surface area contributed by atoms with Crippen molar-refractivity contribution in [3.63, 3.8) is 0 Å². The molecule has 0 saturated carbocycles. The number of aliphatic hydroxyl groups is 5. The van der Waals surface area contributed by atoms with E-state index in [2.05, 4.69) is 0 Å². The van der Waals surface area contributed by atoms with Crippen LogP contribution in [0.1, 0.15) is 6.42 Å². The van der Waals surface area contributed by atoms with Gasteiger partial charge in [-0.25, -0.2) is 4.79 Å². The summed E-state index contributed by atoms with van der Waals surface area (Å²) in [4.78, 5) is 32.6. The molecule has 0 fully saturated rings. The molecule has 0 heterocycles. The third-order valence-electron chi connectivity index (χ3n) is 2.52. The summed E-state index contributed by atoms with van der Waals surface area (Å²) in [5.41, 5.74) is 0. The minimum atomic E-state index is -2.34. The molecule has 5 atom stereocenters. The van der Waals surface area contributed by atoms with Gasteiger partial charge in [0.05, 0.1) is 13.0 Å². The zero-order valence-corrected chi connectivity index (χ0v) is 10.7. The summed E-state index contributed by atoms with van der Waals surface area (Å²) >= 11 is 0. The highest BCUT2D eigenvalue weighted by molar-refractivity contribution is 5.88. The predicted octanol–water partition coefficient (Wildman–Crippen LogP) is -4.53. The quantitative estimate of drug-likeness (QED) is 0.205. The molecule has 0 aromatic rings. The first-order chi connectivity index (χ1) is 9.61. The van der Waals surface area contributed by atoms with Crippen LogP contribution in [-0.4, -0.2) is 90.7 Å². The average Bonchev–Trinajstić information content (AvgIpc) is 2.42. The third kappa shape index (κ3) is 6.01. The lowest BCUT2D eigenvalue weighted by Gasteiger charge is -2.25. The number of hydrogen-bond donors (Lipinski definition) is 8. The van der Waals surface area contributed by atoms with Crippen LogP contribution in [0, 0.1) is 0 Å². The molecule has 11 heteroatoms. The normalized spacial score (nSPS) is 18.1. The van der Waals surface area contributed by atoms with Crippen LogP contribution in [-0.2, 0) is 14.4 Å². The molecular formula is C10H17NO10. The minimum Gasteiger partial charge on any atom is -0.481 e. The first-order valence-corrected chi connectivity index (χ1v) is 5.69. The molecule has 0 aliphatic heterocycles. The highest BCUT2D eigenvalue weighted by Gasteiger charge is 2.36. The van der Waals surface area contributed by atoms with E-state index in [4.69, 9.17) is 20.4 Å². The number of carboxylic acids is 2. The number of rotatable bonds is 9. The van der Waals surface area contributed by atoms with Gasteiger partial charge in [0, 0.05) is 0 Å². The molecule has 0 rings (SSSR count). The number of carbonyl (C=O) groups excluding carboxylic acids is 1. The van der Waals surface area contributed by atoms with Gasteiger partial charge in [-0.15, -0.1) is 0 Å². The molecule has 11 nitrogen and oxygen atoms in total. The summed E-state index contributed by atoms with van der Waals surface area (Å²) in [7, 11) is 0. The molecule has 21 heavy (non-hydrogen) atoms. The standard InChI is InChI=1S/C10H17NO10/c12-2-4(13)6(16)7(17)8(18)9(19)11-3(10(20)21)1-5(14)15/h3-4,6-8,12-13,16-18H,1-2H2,(H,11,19)(H,14,15)(H,20,21)/t3-,4+,6+,7+,8+/m0/s1. The van der Waals surface area contributed by atoms with Crippen molar-refractivity contribution in [1.82, 2.24) is 5.32 Å². The second-order valence-electron chi connectivity index (χ2n) is 4.17. The highest BCUT2D eigenvalue weighted by Crippen LogP contribution is 2.06. The molecule has 0 aliphatic rings. The topological polar surface area (TPSA) is 205 Å². The maximum Gasteiger partial charge on any atom is 0.326 e. The lowest BCUT2D eigenvalue weighted by atomic mass is 10.0. The van der Waals surface area contributed by atoms with Gasteiger partial charge in [0.2, 0.25) is 0 Å². The number of nitrogens with one attached hydrogen (secondary N) is 1. The second-order valence-corrected chi connectivity index (χ2v) is 4.17. The van der Waals surface area contributed by atoms with Gasteiger partial charge in [0.25, 0.3) is 5.91 Å². The van der Waals surface area contributed by atoms with Gasteiger partial charge in [-0.05, 0) is 0 Å². The summed E-state index contributed by atoms with van der Waals surface area (Å²) < 4.78 is 0. The minimum absolute atomic E-state index is 0.955. The predicted molar refractivity (Wildman–Crippen MR) is 62.9 cm³/mol. The van der Waals surface area contributed by atoms with Crippen LogP contribution in [0.25, 0.3) is 0 Å². The number of aliphatic hydroxyl groups excluding tert-OH is 5. The van der Waals surface area contributed by atoms with Gasteiger partial charge < -0.3 is 41.1 Å². The zero-order chi connectivity index (χ0) is 16.7. The van der Waals surface area contributed by atoms with Crippen LogP contribution in [0.15, 0.2) is 0 Å². The maximum atomic E-state index is 11.5. The lowest BCUT2D eigenvalue weighted by molar-refractivity contribution is -0.154. The van der Waals surface area contributed by atoms with E-state index in [9.17, 15) is 29.7 Å². The van der Waals surface area contributed by atoms with Gasteiger partial charge in [-0.1, -0.05) is 0 Å². The molecule has 0 unspecified atom stereocenters. The van der Waals surface area contributed by atoms with E-state index in [0.717, 1.165) is 0 Å². The summed E-state index contributed by atoms with van der Waals surface area (Å²) in [5.74, 6) is -4.66. The Bertz CT molecular complexity index is 386. The van der Waals surface area contributed by atoms with Crippen LogP contribution in [0.4, 0.5) is 0 Å². The highest BCUT2D eigenvalue weighted by atomic mass is 16.4. The summed E-state index contributed by atoms with van der Waals surface area (Å²) in [6.07, 6.45) is -9.43. The van der Waals surface area contributed by atoms with Gasteiger partial charge in [-0.3, -0.25) is 9.59 Å². The number of hydrogen-bond acceptors (Lipinski definition) is 8. The molecule has 8 N–H and O–H groups in total. The van der Waals surface area contributed by atoms with Crippen LogP contribution < -0.4 is 5.32 Å². The Morgan fingerprint density at radius 1 is 0.952 bits per heavy atom. The van der Waals surface area contributed by atoms with E-state index in [0.29, 0.717) is 0 Å². The van der Waals surface area contributed by atoms with Crippen LogP contribution in [0.3, 0.4) is 0 Å². The van der Waals surface area contributed by atoms with Gasteiger partial charge >= 0.3 is 11.9 Å². The van der Waals surface area contributed by atoms with Crippen LogP contribution in [0.5, 0.6) is 0 Å². The molecule has 0 aliphatic carbocycles. The Kier molecular flexibility index (Phi) is 7.76. The fourth-order valence-electron chi connectivity index (χ4n) is 1.31. The van der Waals surface area contributed by atoms with Crippen LogP contribution in [0.2, 0.25) is 0 Å². The van der Waals surface area contributed by atoms with Crippen LogP contribution >= 0.6 is 0 Å². The van der Waals surface area contributed by atoms with E-state index in [1.807, 2.05) is 0 Å². The first-order valence-electron chi connectivity index (χ1n) is 5.69. The number of amides is 1. The molecule has 0 aromatic heterocycles. The number of aliphatic carboxylic acids is 2. The molecular weight excluding hydrogens is 294 g/mol. The molecule has 0 aromatic carbocycles. The van der Waals surface area contributed by atoms with Crippen molar-refractivity contribution in [1.29, 1.82) is 0 Å². The summed E-state index contributed by atoms with van der Waals surface area (Å²) in [5, 5.41) is 64.5. The van der Waals surface area contributed by atoms with Crippen molar-refractivity contribution in [2.75, 3.05) is 6.61 Å². The fraction of sp³-hybridized carbons (Fsp3) is 0.700. The van der Waals surface area contributed by atoms with Gasteiger partial charge in [0.1, 0.15) is 24.4 Å². The zero-order valence-electron chi connectivity index (χ0n) is 10.7. The maximum absolute atomic E-state index is 11.5. The van der Waals surface area contributed by atoms with E-state index in [-0.39, 0.29) is 0 Å². The molecule has 0 radical (unpaired) electrons. The summed E-state index contributed by atoms with van der Waals surface area (Å²) in [6.45, 7) is -0.955. The Labute approximate surface area is 118 Å². The van der Waals surface area contributed by atoms with E-state index < -0.39 is 61.3 Å².